The fourth-order valence-corrected chi connectivity index (χ4v) is 4.14. The molecule has 168 valence electrons. The molecular weight excluding hydrogens is 419 g/mol. The first-order valence-electron chi connectivity index (χ1n) is 10.5. The Labute approximate surface area is 183 Å². The molecule has 0 bridgehead atoms. The number of allylic oxidation sites excluding steroid dienone is 1. The zero-order valence-corrected chi connectivity index (χ0v) is 17.6. The number of hydrogen-bond acceptors (Lipinski definition) is 4. The van der Waals surface area contributed by atoms with Crippen LogP contribution in [0.3, 0.4) is 0 Å². The lowest BCUT2D eigenvalue weighted by Crippen LogP contribution is -2.42. The second kappa shape index (κ2) is 9.02. The van der Waals surface area contributed by atoms with E-state index in [0.29, 0.717) is 37.2 Å². The van der Waals surface area contributed by atoms with Gasteiger partial charge in [0.2, 0.25) is 0 Å². The molecule has 2 aromatic heterocycles. The molecule has 0 saturated carbocycles. The third kappa shape index (κ3) is 4.61. The summed E-state index contributed by atoms with van der Waals surface area (Å²) in [5.41, 5.74) is 1.75. The lowest BCUT2D eigenvalue weighted by atomic mass is 9.97. The van der Waals surface area contributed by atoms with Gasteiger partial charge in [0.25, 0.3) is 5.91 Å². The SMILES string of the molecule is CCN(C(=O)c1cc2ccccc2[nH]1)[C@@H]1C=C(N[C@H](c2cncnc2)C(F)(F)F)CCC1. The molecule has 0 aliphatic heterocycles. The lowest BCUT2D eigenvalue weighted by molar-refractivity contribution is -0.156. The first-order chi connectivity index (χ1) is 15.4. The predicted octanol–water partition coefficient (Wildman–Crippen LogP) is 4.75. The van der Waals surface area contributed by atoms with Crippen LogP contribution in [-0.4, -0.2) is 44.5 Å². The molecule has 2 heterocycles. The Kier molecular flexibility index (Phi) is 6.16. The van der Waals surface area contributed by atoms with Crippen molar-refractivity contribution in [1.82, 2.24) is 25.2 Å². The third-order valence-corrected chi connectivity index (χ3v) is 5.67. The Bertz CT molecular complexity index is 1080. The molecule has 0 saturated heterocycles. The molecule has 2 atom stereocenters. The maximum atomic E-state index is 13.7. The molecule has 1 aliphatic carbocycles. The average Bonchev–Trinajstić information content (AvgIpc) is 3.22. The van der Waals surface area contributed by atoms with Gasteiger partial charge in [-0.3, -0.25) is 4.79 Å². The number of benzene rings is 1. The van der Waals surface area contributed by atoms with E-state index >= 15 is 0 Å². The van der Waals surface area contributed by atoms with Crippen LogP contribution in [0.25, 0.3) is 10.9 Å². The van der Waals surface area contributed by atoms with Gasteiger partial charge < -0.3 is 15.2 Å². The van der Waals surface area contributed by atoms with Crippen LogP contribution in [0.15, 0.2) is 60.8 Å². The number of hydrogen-bond donors (Lipinski definition) is 2. The smallest absolute Gasteiger partial charge is 0.374 e. The van der Waals surface area contributed by atoms with Gasteiger partial charge in [-0.2, -0.15) is 13.2 Å². The van der Waals surface area contributed by atoms with Crippen LogP contribution < -0.4 is 5.32 Å². The number of amides is 1. The molecule has 1 amide bonds. The Hall–Kier alpha value is -3.36. The van der Waals surface area contributed by atoms with E-state index in [-0.39, 0.29) is 17.5 Å². The topological polar surface area (TPSA) is 73.9 Å². The van der Waals surface area contributed by atoms with Crippen LogP contribution in [0.4, 0.5) is 13.2 Å². The molecule has 0 spiro atoms. The van der Waals surface area contributed by atoms with Gasteiger partial charge in [-0.1, -0.05) is 18.2 Å². The van der Waals surface area contributed by atoms with Crippen LogP contribution in [0, 0.1) is 0 Å². The molecule has 0 fully saturated rings. The van der Waals surface area contributed by atoms with Crippen molar-refractivity contribution in [3.8, 4) is 0 Å². The van der Waals surface area contributed by atoms with Crippen molar-refractivity contribution in [1.29, 1.82) is 0 Å². The van der Waals surface area contributed by atoms with Crippen molar-refractivity contribution >= 4 is 16.8 Å². The Morgan fingerprint density at radius 2 is 2.03 bits per heavy atom. The number of nitrogens with zero attached hydrogens (tertiary/aromatic N) is 3. The van der Waals surface area contributed by atoms with E-state index in [9.17, 15) is 18.0 Å². The molecule has 9 heteroatoms. The van der Waals surface area contributed by atoms with Gasteiger partial charge in [0.1, 0.15) is 12.0 Å². The van der Waals surface area contributed by atoms with E-state index in [1.54, 1.807) is 17.0 Å². The highest BCUT2D eigenvalue weighted by Gasteiger charge is 2.42. The summed E-state index contributed by atoms with van der Waals surface area (Å²) in [7, 11) is 0. The van der Waals surface area contributed by atoms with Gasteiger partial charge in [-0.15, -0.1) is 0 Å². The molecule has 3 aromatic rings. The number of rotatable bonds is 6. The summed E-state index contributed by atoms with van der Waals surface area (Å²) in [6.07, 6.45) is 2.61. The van der Waals surface area contributed by atoms with Crippen LogP contribution in [0.1, 0.15) is 48.3 Å². The van der Waals surface area contributed by atoms with Gasteiger partial charge in [0.05, 0.1) is 6.04 Å². The van der Waals surface area contributed by atoms with E-state index < -0.39 is 12.2 Å². The number of fused-ring (bicyclic) bond motifs is 1. The maximum absolute atomic E-state index is 13.7. The number of alkyl halides is 3. The average molecular weight is 443 g/mol. The van der Waals surface area contributed by atoms with Crippen molar-refractivity contribution in [3.05, 3.63) is 72.1 Å². The van der Waals surface area contributed by atoms with Gasteiger partial charge >= 0.3 is 6.18 Å². The van der Waals surface area contributed by atoms with Crippen LogP contribution in [-0.2, 0) is 0 Å². The summed E-state index contributed by atoms with van der Waals surface area (Å²) in [4.78, 5) is 25.5. The third-order valence-electron chi connectivity index (χ3n) is 5.67. The summed E-state index contributed by atoms with van der Waals surface area (Å²) < 4.78 is 41.2. The number of likely N-dealkylation sites (N-methyl/N-ethyl adjacent to an activating group) is 1. The summed E-state index contributed by atoms with van der Waals surface area (Å²) in [5.74, 6) is -0.171. The molecule has 0 radical (unpaired) electrons. The zero-order chi connectivity index (χ0) is 22.7. The minimum absolute atomic E-state index is 0.0514. The minimum atomic E-state index is -4.51. The largest absolute Gasteiger partial charge is 0.412 e. The molecule has 32 heavy (non-hydrogen) atoms. The fourth-order valence-electron chi connectivity index (χ4n) is 4.14. The number of carbonyl (C=O) groups excluding carboxylic acids is 1. The van der Waals surface area contributed by atoms with Crippen molar-refractivity contribution in [3.63, 3.8) is 0 Å². The number of carbonyl (C=O) groups is 1. The highest BCUT2D eigenvalue weighted by molar-refractivity contribution is 5.98. The van der Waals surface area contributed by atoms with Crippen molar-refractivity contribution in [2.24, 2.45) is 0 Å². The molecule has 1 aromatic carbocycles. The first-order valence-corrected chi connectivity index (χ1v) is 10.5. The number of halogens is 3. The Balaban J connectivity index is 1.57. The summed E-state index contributed by atoms with van der Waals surface area (Å²) in [6, 6.07) is 7.21. The van der Waals surface area contributed by atoms with E-state index in [1.807, 2.05) is 31.2 Å². The van der Waals surface area contributed by atoms with E-state index in [0.717, 1.165) is 23.3 Å². The Morgan fingerprint density at radius 1 is 1.28 bits per heavy atom. The second-order valence-corrected chi connectivity index (χ2v) is 7.80. The zero-order valence-electron chi connectivity index (χ0n) is 17.6. The number of para-hydroxylation sites is 1. The first kappa shape index (κ1) is 21.9. The lowest BCUT2D eigenvalue weighted by Gasteiger charge is -2.33. The normalized spacial score (nSPS) is 17.6. The molecule has 0 unspecified atom stereocenters. The fraction of sp³-hybridized carbons (Fsp3) is 0.348. The van der Waals surface area contributed by atoms with Gasteiger partial charge in [0.15, 0.2) is 6.04 Å². The van der Waals surface area contributed by atoms with E-state index in [1.165, 1.54) is 6.33 Å². The number of aromatic nitrogens is 3. The molecular formula is C23H24F3N5O. The molecule has 4 rings (SSSR count). The summed E-state index contributed by atoms with van der Waals surface area (Å²) in [6.45, 7) is 2.31. The standard InChI is InChI=1S/C23H24F3N5O/c1-2-31(22(32)20-10-15-6-3-4-9-19(15)30-20)18-8-5-7-17(11-18)29-21(23(24,25)26)16-12-27-14-28-13-16/h3-4,6,9-14,18,21,29-30H,2,5,7-8H2,1H3/t18-,21+/m0/s1. The van der Waals surface area contributed by atoms with Crippen LogP contribution in [0.5, 0.6) is 0 Å². The van der Waals surface area contributed by atoms with Crippen LogP contribution >= 0.6 is 0 Å². The predicted molar refractivity (Wildman–Crippen MR) is 115 cm³/mol. The second-order valence-electron chi connectivity index (χ2n) is 7.80. The summed E-state index contributed by atoms with van der Waals surface area (Å²) in [5, 5.41) is 3.57. The van der Waals surface area contributed by atoms with Crippen LogP contribution in [0.2, 0.25) is 0 Å². The number of aromatic amines is 1. The molecule has 1 aliphatic rings. The van der Waals surface area contributed by atoms with Crippen molar-refractivity contribution in [2.75, 3.05) is 6.54 Å². The number of nitrogens with one attached hydrogen (secondary N) is 2. The Morgan fingerprint density at radius 3 is 2.72 bits per heavy atom. The molecule has 2 N–H and O–H groups in total. The molecule has 6 nitrogen and oxygen atoms in total. The van der Waals surface area contributed by atoms with Gasteiger partial charge in [0, 0.05) is 41.1 Å². The summed E-state index contributed by atoms with van der Waals surface area (Å²) >= 11 is 0. The van der Waals surface area contributed by atoms with Gasteiger partial charge in [-0.25, -0.2) is 9.97 Å². The monoisotopic (exact) mass is 443 g/mol. The highest BCUT2D eigenvalue weighted by atomic mass is 19.4. The minimum Gasteiger partial charge on any atom is -0.374 e. The van der Waals surface area contributed by atoms with Crippen molar-refractivity contribution < 1.29 is 18.0 Å². The number of H-pyrrole nitrogens is 1. The highest BCUT2D eigenvalue weighted by Crippen LogP contribution is 2.34. The maximum Gasteiger partial charge on any atom is 0.412 e. The quantitative estimate of drug-likeness (QED) is 0.577. The van der Waals surface area contributed by atoms with Gasteiger partial charge in [-0.05, 0) is 44.4 Å². The van der Waals surface area contributed by atoms with Crippen molar-refractivity contribution in [2.45, 2.75) is 44.4 Å². The van der Waals surface area contributed by atoms with E-state index in [4.69, 9.17) is 0 Å². The van der Waals surface area contributed by atoms with E-state index in [2.05, 4.69) is 20.3 Å².